The molecule has 1 aliphatic heterocycles. The molecule has 0 N–H and O–H groups in total. The first-order valence-corrected chi connectivity index (χ1v) is 7.94. The zero-order valence-electron chi connectivity index (χ0n) is 13.3. The molecule has 0 atom stereocenters. The zero-order valence-corrected chi connectivity index (χ0v) is 13.3. The fourth-order valence-electron chi connectivity index (χ4n) is 3.23. The van der Waals surface area contributed by atoms with Crippen LogP contribution in [0.5, 0.6) is 0 Å². The fourth-order valence-corrected chi connectivity index (χ4v) is 3.23. The van der Waals surface area contributed by atoms with Crippen LogP contribution in [-0.4, -0.2) is 27.5 Å². The monoisotopic (exact) mass is 283 g/mol. The molecule has 2 aromatic rings. The van der Waals surface area contributed by atoms with Gasteiger partial charge in [-0.3, -0.25) is 4.90 Å². The van der Waals surface area contributed by atoms with Crippen molar-refractivity contribution >= 4 is 0 Å². The molecule has 0 spiro atoms. The van der Waals surface area contributed by atoms with E-state index in [1.54, 1.807) is 0 Å². The molecular weight excluding hydrogens is 258 g/mol. The summed E-state index contributed by atoms with van der Waals surface area (Å²) in [5.74, 6) is 1.98. The largest absolute Gasteiger partial charge is 0.335 e. The summed E-state index contributed by atoms with van der Waals surface area (Å²) < 4.78 is 2.32. The highest BCUT2D eigenvalue weighted by molar-refractivity contribution is 5.30. The van der Waals surface area contributed by atoms with Crippen LogP contribution in [0.1, 0.15) is 29.4 Å². The lowest BCUT2D eigenvalue weighted by molar-refractivity contribution is 0.0796. The van der Waals surface area contributed by atoms with E-state index in [9.17, 15) is 0 Å². The lowest BCUT2D eigenvalue weighted by atomic mass is 9.97. The van der Waals surface area contributed by atoms with Gasteiger partial charge in [0.1, 0.15) is 5.82 Å². The van der Waals surface area contributed by atoms with Gasteiger partial charge >= 0.3 is 0 Å². The Kier molecular flexibility index (Phi) is 4.11. The smallest absolute Gasteiger partial charge is 0.108 e. The van der Waals surface area contributed by atoms with Crippen LogP contribution in [0.15, 0.2) is 30.6 Å². The van der Waals surface area contributed by atoms with Gasteiger partial charge < -0.3 is 4.57 Å². The van der Waals surface area contributed by atoms with E-state index < -0.39 is 0 Å². The number of rotatable bonds is 5. The minimum absolute atomic E-state index is 0.773. The van der Waals surface area contributed by atoms with Gasteiger partial charge in [-0.25, -0.2) is 4.98 Å². The molecule has 1 aromatic heterocycles. The number of aryl methyl sites for hydroxylation is 3. The third-order valence-corrected chi connectivity index (χ3v) is 4.50. The predicted octanol–water partition coefficient (Wildman–Crippen LogP) is 3.19. The van der Waals surface area contributed by atoms with Gasteiger partial charge in [0.05, 0.1) is 0 Å². The van der Waals surface area contributed by atoms with Crippen molar-refractivity contribution in [3.63, 3.8) is 0 Å². The van der Waals surface area contributed by atoms with E-state index in [0.717, 1.165) is 25.4 Å². The number of likely N-dealkylation sites (tertiary alicyclic amines) is 1. The highest BCUT2D eigenvalue weighted by Gasteiger charge is 2.27. The van der Waals surface area contributed by atoms with Crippen LogP contribution in [0.4, 0.5) is 0 Å². The number of imidazole rings is 1. The van der Waals surface area contributed by atoms with E-state index in [1.807, 2.05) is 6.20 Å². The summed E-state index contributed by atoms with van der Waals surface area (Å²) >= 11 is 0. The summed E-state index contributed by atoms with van der Waals surface area (Å²) in [4.78, 5) is 6.95. The van der Waals surface area contributed by atoms with Gasteiger partial charge in [0.15, 0.2) is 0 Å². The Morgan fingerprint density at radius 2 is 2.05 bits per heavy atom. The molecule has 0 amide bonds. The van der Waals surface area contributed by atoms with Crippen LogP contribution < -0.4 is 0 Å². The van der Waals surface area contributed by atoms with Gasteiger partial charge in [-0.05, 0) is 25.0 Å². The van der Waals surface area contributed by atoms with E-state index in [1.165, 1.54) is 35.6 Å². The van der Waals surface area contributed by atoms with Gasteiger partial charge in [-0.2, -0.15) is 0 Å². The maximum atomic E-state index is 4.40. The maximum absolute atomic E-state index is 4.40. The van der Waals surface area contributed by atoms with Gasteiger partial charge in [0.25, 0.3) is 0 Å². The van der Waals surface area contributed by atoms with Crippen LogP contribution in [-0.2, 0) is 19.5 Å². The molecule has 1 aromatic carbocycles. The van der Waals surface area contributed by atoms with Crippen LogP contribution in [0.2, 0.25) is 0 Å². The molecule has 2 heterocycles. The van der Waals surface area contributed by atoms with Crippen LogP contribution in [0.3, 0.4) is 0 Å². The molecule has 1 saturated heterocycles. The molecule has 0 bridgehead atoms. The number of nitrogens with zero attached hydrogens (tertiary/aromatic N) is 3. The molecular formula is C18H25N3. The molecule has 3 rings (SSSR count). The summed E-state index contributed by atoms with van der Waals surface area (Å²) in [5.41, 5.74) is 4.25. The first-order valence-electron chi connectivity index (χ1n) is 7.94. The van der Waals surface area contributed by atoms with Crippen LogP contribution in [0.25, 0.3) is 0 Å². The Morgan fingerprint density at radius 3 is 2.81 bits per heavy atom. The van der Waals surface area contributed by atoms with Crippen LogP contribution in [0, 0.1) is 19.8 Å². The second kappa shape index (κ2) is 6.02. The summed E-state index contributed by atoms with van der Waals surface area (Å²) in [5, 5.41) is 0. The summed E-state index contributed by atoms with van der Waals surface area (Å²) in [6, 6.07) is 6.76. The lowest BCUT2D eigenvalue weighted by Gasteiger charge is -2.40. The Hall–Kier alpha value is -1.61. The minimum atomic E-state index is 0.773. The Labute approximate surface area is 127 Å². The van der Waals surface area contributed by atoms with Crippen molar-refractivity contribution in [3.8, 4) is 0 Å². The molecule has 1 aliphatic rings. The highest BCUT2D eigenvalue weighted by Crippen LogP contribution is 2.22. The van der Waals surface area contributed by atoms with Crippen molar-refractivity contribution in [1.29, 1.82) is 0 Å². The second-order valence-electron chi connectivity index (χ2n) is 6.34. The average molecular weight is 283 g/mol. The van der Waals surface area contributed by atoms with Gasteiger partial charge in [0.2, 0.25) is 0 Å². The molecule has 0 aliphatic carbocycles. The first-order chi connectivity index (χ1) is 10.2. The van der Waals surface area contributed by atoms with Crippen molar-refractivity contribution in [2.75, 3.05) is 13.1 Å². The molecule has 0 radical (unpaired) electrons. The predicted molar refractivity (Wildman–Crippen MR) is 86.3 cm³/mol. The minimum Gasteiger partial charge on any atom is -0.335 e. The third-order valence-electron chi connectivity index (χ3n) is 4.50. The molecule has 1 fully saturated rings. The molecule has 21 heavy (non-hydrogen) atoms. The Morgan fingerprint density at radius 1 is 1.24 bits per heavy atom. The summed E-state index contributed by atoms with van der Waals surface area (Å²) in [6.07, 6.45) is 5.06. The number of hydrogen-bond acceptors (Lipinski definition) is 2. The van der Waals surface area contributed by atoms with E-state index >= 15 is 0 Å². The molecule has 0 unspecified atom stereocenters. The van der Waals surface area contributed by atoms with Crippen molar-refractivity contribution in [2.45, 2.75) is 40.3 Å². The third kappa shape index (κ3) is 3.18. The van der Waals surface area contributed by atoms with E-state index in [2.05, 4.69) is 59.6 Å². The second-order valence-corrected chi connectivity index (χ2v) is 6.34. The quantitative estimate of drug-likeness (QED) is 0.840. The zero-order chi connectivity index (χ0) is 14.8. The van der Waals surface area contributed by atoms with Gasteiger partial charge in [-0.15, -0.1) is 0 Å². The van der Waals surface area contributed by atoms with E-state index in [-0.39, 0.29) is 0 Å². The SMILES string of the molecule is CCc1nccn1CC1CN(Cc2cc(C)ccc2C)C1. The van der Waals surface area contributed by atoms with E-state index in [0.29, 0.717) is 0 Å². The topological polar surface area (TPSA) is 21.1 Å². The Bertz CT molecular complexity index is 609. The van der Waals surface area contributed by atoms with Gasteiger partial charge in [-0.1, -0.05) is 30.7 Å². The highest BCUT2D eigenvalue weighted by atomic mass is 15.2. The number of hydrogen-bond donors (Lipinski definition) is 0. The average Bonchev–Trinajstić information content (AvgIpc) is 2.87. The first kappa shape index (κ1) is 14.3. The van der Waals surface area contributed by atoms with E-state index in [4.69, 9.17) is 0 Å². The summed E-state index contributed by atoms with van der Waals surface area (Å²) in [7, 11) is 0. The lowest BCUT2D eigenvalue weighted by Crippen LogP contribution is -2.47. The maximum Gasteiger partial charge on any atom is 0.108 e. The van der Waals surface area contributed by atoms with Crippen molar-refractivity contribution in [2.24, 2.45) is 5.92 Å². The van der Waals surface area contributed by atoms with Crippen molar-refractivity contribution in [1.82, 2.24) is 14.5 Å². The number of benzene rings is 1. The standard InChI is InChI=1S/C18H25N3/c1-4-18-19-7-8-21(18)12-16-10-20(11-16)13-17-9-14(2)5-6-15(17)3/h5-9,16H,4,10-13H2,1-3H3. The molecule has 112 valence electrons. The van der Waals surface area contributed by atoms with Crippen LogP contribution >= 0.6 is 0 Å². The summed E-state index contributed by atoms with van der Waals surface area (Å²) in [6.45, 7) is 11.2. The Balaban J connectivity index is 1.53. The van der Waals surface area contributed by atoms with Crippen molar-refractivity contribution in [3.05, 3.63) is 53.1 Å². The fraction of sp³-hybridized carbons (Fsp3) is 0.500. The molecule has 0 saturated carbocycles. The molecule has 3 nitrogen and oxygen atoms in total. The normalized spacial score (nSPS) is 16.1. The van der Waals surface area contributed by atoms with Gasteiger partial charge in [0, 0.05) is 50.9 Å². The number of aromatic nitrogens is 2. The molecule has 3 heteroatoms. The van der Waals surface area contributed by atoms with Crippen molar-refractivity contribution < 1.29 is 0 Å².